The van der Waals surface area contributed by atoms with E-state index in [0.717, 1.165) is 44.5 Å². The van der Waals surface area contributed by atoms with Crippen molar-refractivity contribution in [3.63, 3.8) is 0 Å². The predicted octanol–water partition coefficient (Wildman–Crippen LogP) is 4.38. The van der Waals surface area contributed by atoms with Crippen molar-refractivity contribution in [2.24, 2.45) is 11.7 Å². The second-order valence-electron chi connectivity index (χ2n) is 7.87. The molecule has 2 aromatic carbocycles. The van der Waals surface area contributed by atoms with Crippen LogP contribution in [0.5, 0.6) is 5.75 Å². The number of aliphatic hydroxyl groups is 1. The van der Waals surface area contributed by atoms with Crippen molar-refractivity contribution < 1.29 is 9.84 Å². The van der Waals surface area contributed by atoms with Crippen molar-refractivity contribution >= 4 is 0 Å². The second kappa shape index (κ2) is 9.91. The number of nitrogens with two attached hydrogens (primary N) is 1. The lowest BCUT2D eigenvalue weighted by Crippen LogP contribution is -2.21. The third-order valence-electron chi connectivity index (χ3n) is 5.85. The first-order chi connectivity index (χ1) is 13.2. The Balaban J connectivity index is 1.59. The van der Waals surface area contributed by atoms with Crippen LogP contribution in [0.3, 0.4) is 0 Å². The fourth-order valence-corrected chi connectivity index (χ4v) is 4.10. The van der Waals surface area contributed by atoms with Gasteiger partial charge in [0.15, 0.2) is 0 Å². The molecule has 1 aliphatic carbocycles. The van der Waals surface area contributed by atoms with Gasteiger partial charge in [0, 0.05) is 6.61 Å². The minimum absolute atomic E-state index is 0.271. The smallest absolute Gasteiger partial charge is 0.122 e. The third kappa shape index (κ3) is 5.33. The maximum Gasteiger partial charge on any atom is 0.122 e. The highest BCUT2D eigenvalue weighted by molar-refractivity contribution is 5.36. The molecule has 0 heterocycles. The topological polar surface area (TPSA) is 55.5 Å². The van der Waals surface area contributed by atoms with Crippen LogP contribution >= 0.6 is 0 Å². The Morgan fingerprint density at radius 2 is 2.00 bits per heavy atom. The molecule has 0 fully saturated rings. The number of aryl methyl sites for hydroxylation is 2. The van der Waals surface area contributed by atoms with Crippen LogP contribution in [-0.4, -0.2) is 24.9 Å². The van der Waals surface area contributed by atoms with E-state index in [9.17, 15) is 0 Å². The van der Waals surface area contributed by atoms with Crippen LogP contribution in [0.4, 0.5) is 0 Å². The largest absolute Gasteiger partial charge is 0.493 e. The molecule has 0 spiro atoms. The fraction of sp³-hybridized carbons (Fsp3) is 0.500. The zero-order valence-electron chi connectivity index (χ0n) is 16.5. The lowest BCUT2D eigenvalue weighted by atomic mass is 9.81. The Morgan fingerprint density at radius 3 is 2.78 bits per heavy atom. The molecule has 0 bridgehead atoms. The summed E-state index contributed by atoms with van der Waals surface area (Å²) < 4.78 is 6.09. The number of hydrogen-bond donors (Lipinski definition) is 2. The van der Waals surface area contributed by atoms with E-state index < -0.39 is 0 Å². The molecule has 27 heavy (non-hydrogen) atoms. The summed E-state index contributed by atoms with van der Waals surface area (Å²) in [5.74, 6) is 1.99. The Bertz CT molecular complexity index is 728. The number of para-hydroxylation sites is 1. The van der Waals surface area contributed by atoms with Crippen LogP contribution in [0.25, 0.3) is 0 Å². The number of fused-ring (bicyclic) bond motifs is 1. The van der Waals surface area contributed by atoms with Crippen LogP contribution in [0.1, 0.15) is 53.9 Å². The highest BCUT2D eigenvalue weighted by atomic mass is 16.5. The van der Waals surface area contributed by atoms with Gasteiger partial charge in [-0.25, -0.2) is 0 Å². The van der Waals surface area contributed by atoms with Gasteiger partial charge in [-0.1, -0.05) is 42.8 Å². The van der Waals surface area contributed by atoms with Gasteiger partial charge in [0.1, 0.15) is 5.75 Å². The molecule has 0 radical (unpaired) electrons. The summed E-state index contributed by atoms with van der Waals surface area (Å²) >= 11 is 0. The molecule has 146 valence electrons. The minimum Gasteiger partial charge on any atom is -0.493 e. The van der Waals surface area contributed by atoms with Crippen molar-refractivity contribution in [3.8, 4) is 5.75 Å². The summed E-state index contributed by atoms with van der Waals surface area (Å²) in [6.45, 7) is 3.84. The monoisotopic (exact) mass is 367 g/mol. The second-order valence-corrected chi connectivity index (χ2v) is 7.87. The molecule has 0 saturated heterocycles. The van der Waals surface area contributed by atoms with Crippen LogP contribution < -0.4 is 10.5 Å². The Labute approximate surface area is 163 Å². The zero-order valence-corrected chi connectivity index (χ0v) is 16.5. The van der Waals surface area contributed by atoms with Gasteiger partial charge < -0.3 is 15.6 Å². The molecule has 0 unspecified atom stereocenters. The van der Waals surface area contributed by atoms with E-state index >= 15 is 0 Å². The number of ether oxygens (including phenoxy) is 1. The van der Waals surface area contributed by atoms with Gasteiger partial charge in [0.25, 0.3) is 0 Å². The third-order valence-corrected chi connectivity index (χ3v) is 5.85. The normalized spacial score (nSPS) is 17.4. The molecule has 3 rings (SSSR count). The molecule has 0 aliphatic heterocycles. The highest BCUT2D eigenvalue weighted by Crippen LogP contribution is 2.30. The maximum atomic E-state index is 9.00. The van der Waals surface area contributed by atoms with Crippen molar-refractivity contribution in [1.82, 2.24) is 0 Å². The van der Waals surface area contributed by atoms with Crippen LogP contribution in [0.15, 0.2) is 42.5 Å². The lowest BCUT2D eigenvalue weighted by Gasteiger charge is -2.26. The van der Waals surface area contributed by atoms with E-state index in [1.807, 2.05) is 6.07 Å². The fourth-order valence-electron chi connectivity index (χ4n) is 4.10. The molecule has 3 heteroatoms. The summed E-state index contributed by atoms with van der Waals surface area (Å²) in [7, 11) is 0. The standard InChI is InChI=1S/C24H33NO2/c1-18-6-2-3-8-24(18)27-17-19-9-10-21-15-22(12-11-20(21)14-19)23(16-25)7-4-5-13-26/h2-3,6,8,11-12,15,19,23,26H,4-5,7,9-10,13-14,16-17,25H2,1H3/t19-,23-/m0/s1. The number of aliphatic hydroxyl groups excluding tert-OH is 1. The van der Waals surface area contributed by atoms with Gasteiger partial charge in [0.05, 0.1) is 6.61 Å². The van der Waals surface area contributed by atoms with Crippen LogP contribution in [-0.2, 0) is 12.8 Å². The van der Waals surface area contributed by atoms with Crippen LogP contribution in [0.2, 0.25) is 0 Å². The maximum absolute atomic E-state index is 9.00. The minimum atomic E-state index is 0.271. The average Bonchev–Trinajstić information content (AvgIpc) is 2.70. The molecule has 3 N–H and O–H groups in total. The first-order valence-corrected chi connectivity index (χ1v) is 10.3. The van der Waals surface area contributed by atoms with Gasteiger partial charge in [-0.05, 0) is 85.7 Å². The van der Waals surface area contributed by atoms with Crippen molar-refractivity contribution in [3.05, 3.63) is 64.7 Å². The summed E-state index contributed by atoms with van der Waals surface area (Å²) in [6, 6.07) is 15.2. The van der Waals surface area contributed by atoms with Gasteiger partial charge >= 0.3 is 0 Å². The number of rotatable bonds is 9. The summed E-state index contributed by atoms with van der Waals surface area (Å²) in [5, 5.41) is 9.00. The number of hydrogen-bond acceptors (Lipinski definition) is 3. The quantitative estimate of drug-likeness (QED) is 0.647. The average molecular weight is 368 g/mol. The number of benzene rings is 2. The Kier molecular flexibility index (Phi) is 7.31. The SMILES string of the molecule is Cc1ccccc1OC[C@H]1CCc2cc([C@H](CN)CCCCO)ccc2C1. The molecular weight excluding hydrogens is 334 g/mol. The van der Waals surface area contributed by atoms with Gasteiger partial charge in [-0.3, -0.25) is 0 Å². The molecule has 1 aliphatic rings. The predicted molar refractivity (Wildman–Crippen MR) is 111 cm³/mol. The summed E-state index contributed by atoms with van der Waals surface area (Å²) in [5.41, 5.74) is 11.5. The van der Waals surface area contributed by atoms with Crippen molar-refractivity contribution in [2.75, 3.05) is 19.8 Å². The van der Waals surface area contributed by atoms with E-state index in [2.05, 4.69) is 43.3 Å². The molecule has 0 aromatic heterocycles. The molecular formula is C24H33NO2. The zero-order chi connectivity index (χ0) is 19.1. The molecule has 2 atom stereocenters. The summed E-state index contributed by atoms with van der Waals surface area (Å²) in [6.07, 6.45) is 6.36. The van der Waals surface area contributed by atoms with E-state index in [1.54, 1.807) is 0 Å². The van der Waals surface area contributed by atoms with Crippen LogP contribution in [0, 0.1) is 12.8 Å². The van der Waals surface area contributed by atoms with Gasteiger partial charge in [0.2, 0.25) is 0 Å². The van der Waals surface area contributed by atoms with E-state index in [1.165, 1.54) is 28.7 Å². The Hall–Kier alpha value is -1.84. The molecule has 0 saturated carbocycles. The van der Waals surface area contributed by atoms with Gasteiger partial charge in [-0.2, -0.15) is 0 Å². The molecule has 3 nitrogen and oxygen atoms in total. The Morgan fingerprint density at radius 1 is 1.15 bits per heavy atom. The molecule has 2 aromatic rings. The van der Waals surface area contributed by atoms with E-state index in [0.29, 0.717) is 18.4 Å². The molecule has 0 amide bonds. The number of unbranched alkanes of at least 4 members (excludes halogenated alkanes) is 1. The van der Waals surface area contributed by atoms with Crippen molar-refractivity contribution in [1.29, 1.82) is 0 Å². The first-order valence-electron chi connectivity index (χ1n) is 10.3. The first kappa shape index (κ1) is 19.9. The summed E-state index contributed by atoms with van der Waals surface area (Å²) in [4.78, 5) is 0. The highest BCUT2D eigenvalue weighted by Gasteiger charge is 2.21. The van der Waals surface area contributed by atoms with Gasteiger partial charge in [-0.15, -0.1) is 0 Å². The lowest BCUT2D eigenvalue weighted by molar-refractivity contribution is 0.233. The van der Waals surface area contributed by atoms with E-state index in [4.69, 9.17) is 15.6 Å². The van der Waals surface area contributed by atoms with E-state index in [-0.39, 0.29) is 6.61 Å². The van der Waals surface area contributed by atoms with Crippen molar-refractivity contribution in [2.45, 2.75) is 51.4 Å².